The maximum Gasteiger partial charge on any atom is 0.328 e. The van der Waals surface area contributed by atoms with Gasteiger partial charge >= 0.3 is 5.97 Å². The zero-order valence-electron chi connectivity index (χ0n) is 19.6. The second kappa shape index (κ2) is 11.4. The second-order valence-corrected chi connectivity index (χ2v) is 10.8. The molecule has 0 saturated heterocycles. The van der Waals surface area contributed by atoms with Gasteiger partial charge in [0.05, 0.1) is 18.5 Å². The Hall–Kier alpha value is -2.71. The smallest absolute Gasteiger partial charge is 0.328 e. The van der Waals surface area contributed by atoms with E-state index in [2.05, 4.69) is 32.3 Å². The number of benzene rings is 2. The molecule has 1 aliphatic rings. The first-order valence-corrected chi connectivity index (χ1v) is 13.3. The Morgan fingerprint density at radius 2 is 1.97 bits per heavy atom. The number of carbonyl (C=O) groups is 3. The molecule has 0 fully saturated rings. The predicted molar refractivity (Wildman–Crippen MR) is 141 cm³/mol. The maximum atomic E-state index is 13.6. The molecule has 1 heterocycles. The number of carbonyl (C=O) groups excluding carboxylic acids is 3. The third kappa shape index (κ3) is 6.11. The van der Waals surface area contributed by atoms with E-state index >= 15 is 0 Å². The molecule has 0 saturated carbocycles. The molecular weight excluding hydrogens is 528 g/mol. The number of para-hydroxylation sites is 1. The van der Waals surface area contributed by atoms with E-state index in [9.17, 15) is 14.4 Å². The Bertz CT molecular complexity index is 1260. The van der Waals surface area contributed by atoms with Gasteiger partial charge in [-0.15, -0.1) is 0 Å². The van der Waals surface area contributed by atoms with E-state index in [0.29, 0.717) is 11.4 Å². The Labute approximate surface area is 217 Å². The average Bonchev–Trinajstić information content (AvgIpc) is 3.25. The topological polar surface area (TPSA) is 85.4 Å². The van der Waals surface area contributed by atoms with Crippen LogP contribution in [0.25, 0.3) is 10.9 Å². The lowest BCUT2D eigenvalue weighted by Crippen LogP contribution is -2.47. The summed E-state index contributed by atoms with van der Waals surface area (Å²) in [6, 6.07) is 16.8. The molecule has 0 spiro atoms. The number of amides is 1. The number of hydrogen-bond donors (Lipinski definition) is 1. The van der Waals surface area contributed by atoms with Crippen LogP contribution < -0.4 is 5.32 Å². The van der Waals surface area contributed by atoms with Crippen LogP contribution in [0.1, 0.15) is 36.1 Å². The summed E-state index contributed by atoms with van der Waals surface area (Å²) >= 11 is 4.66. The van der Waals surface area contributed by atoms with Gasteiger partial charge in [0.15, 0.2) is 5.12 Å². The van der Waals surface area contributed by atoms with Crippen molar-refractivity contribution in [2.24, 2.45) is 5.92 Å². The van der Waals surface area contributed by atoms with Crippen LogP contribution >= 0.6 is 27.7 Å². The Morgan fingerprint density at radius 3 is 2.74 bits per heavy atom. The normalized spacial score (nSPS) is 16.4. The minimum atomic E-state index is -0.878. The van der Waals surface area contributed by atoms with E-state index in [4.69, 9.17) is 4.74 Å². The Balaban J connectivity index is 1.57. The summed E-state index contributed by atoms with van der Waals surface area (Å²) in [5.74, 6) is -0.911. The molecule has 0 radical (unpaired) electrons. The third-order valence-corrected chi connectivity index (χ3v) is 7.81. The van der Waals surface area contributed by atoms with E-state index in [0.717, 1.165) is 45.5 Å². The lowest BCUT2D eigenvalue weighted by Gasteiger charge is -2.26. The zero-order valence-corrected chi connectivity index (χ0v) is 22.0. The van der Waals surface area contributed by atoms with Gasteiger partial charge in [-0.2, -0.15) is 0 Å². The van der Waals surface area contributed by atoms with Crippen LogP contribution in [0.4, 0.5) is 0 Å². The van der Waals surface area contributed by atoms with Crippen molar-refractivity contribution < 1.29 is 19.1 Å². The van der Waals surface area contributed by atoms with Gasteiger partial charge in [-0.25, -0.2) is 4.79 Å². The van der Waals surface area contributed by atoms with Gasteiger partial charge in [0, 0.05) is 34.7 Å². The largest absolute Gasteiger partial charge is 0.467 e. The van der Waals surface area contributed by atoms with Crippen molar-refractivity contribution >= 4 is 55.6 Å². The molecule has 4 rings (SSSR count). The average molecular weight is 555 g/mol. The number of aromatic nitrogens is 1. The van der Waals surface area contributed by atoms with Crippen molar-refractivity contribution in [2.75, 3.05) is 12.9 Å². The number of thioether (sulfide) groups is 1. The van der Waals surface area contributed by atoms with E-state index in [-0.39, 0.29) is 23.4 Å². The molecule has 3 aromatic rings. The number of hydrogen-bond acceptors (Lipinski definition) is 6. The lowest BCUT2D eigenvalue weighted by atomic mass is 9.87. The molecule has 2 aromatic carbocycles. The number of nitrogens with one attached hydrogen (secondary N) is 1. The fourth-order valence-electron chi connectivity index (χ4n) is 4.66. The summed E-state index contributed by atoms with van der Waals surface area (Å²) in [6.07, 6.45) is 1.90. The van der Waals surface area contributed by atoms with Crippen LogP contribution in [-0.2, 0) is 32.0 Å². The van der Waals surface area contributed by atoms with E-state index in [1.54, 1.807) is 0 Å². The number of pyridine rings is 1. The molecule has 1 amide bonds. The highest BCUT2D eigenvalue weighted by molar-refractivity contribution is 9.10. The monoisotopic (exact) mass is 554 g/mol. The third-order valence-electron chi connectivity index (χ3n) is 6.39. The number of nitrogens with zero attached hydrogens (tertiary/aromatic N) is 1. The van der Waals surface area contributed by atoms with Gasteiger partial charge in [-0.05, 0) is 54.2 Å². The summed E-state index contributed by atoms with van der Waals surface area (Å²) in [7, 11) is 1.31. The van der Waals surface area contributed by atoms with Gasteiger partial charge in [-0.3, -0.25) is 14.6 Å². The molecule has 35 heavy (non-hydrogen) atoms. The first kappa shape index (κ1) is 25.4. The molecule has 1 aromatic heterocycles. The highest BCUT2D eigenvalue weighted by Crippen LogP contribution is 2.41. The molecular formula is C27H27BrN2O4S. The van der Waals surface area contributed by atoms with Crippen LogP contribution in [0.15, 0.2) is 59.1 Å². The number of rotatable bonds is 8. The molecule has 0 bridgehead atoms. The van der Waals surface area contributed by atoms with Crippen LogP contribution in [0.5, 0.6) is 0 Å². The van der Waals surface area contributed by atoms with E-state index in [1.807, 2.05) is 48.5 Å². The van der Waals surface area contributed by atoms with Crippen LogP contribution in [0, 0.1) is 5.92 Å². The minimum absolute atomic E-state index is 0.0259. The van der Waals surface area contributed by atoms with Gasteiger partial charge in [0.1, 0.15) is 6.04 Å². The summed E-state index contributed by atoms with van der Waals surface area (Å²) < 4.78 is 6.00. The number of aryl methyl sites for hydroxylation is 1. The molecule has 1 N–H and O–H groups in total. The minimum Gasteiger partial charge on any atom is -0.467 e. The molecule has 3 atom stereocenters. The molecule has 3 unspecified atom stereocenters. The number of fused-ring (bicyclic) bond motifs is 2. The summed E-state index contributed by atoms with van der Waals surface area (Å²) in [5, 5.41) is 3.88. The van der Waals surface area contributed by atoms with Crippen LogP contribution in [-0.4, -0.2) is 40.9 Å². The molecule has 1 aliphatic carbocycles. The highest BCUT2D eigenvalue weighted by atomic mass is 79.9. The van der Waals surface area contributed by atoms with Crippen molar-refractivity contribution in [3.05, 3.63) is 75.9 Å². The molecule has 8 heteroatoms. The first-order chi connectivity index (χ1) is 16.9. The van der Waals surface area contributed by atoms with Gasteiger partial charge in [0.2, 0.25) is 5.91 Å². The van der Waals surface area contributed by atoms with E-state index in [1.165, 1.54) is 19.6 Å². The number of methoxy groups -OCH3 is 1. The first-order valence-electron chi connectivity index (χ1n) is 11.5. The number of halogens is 1. The van der Waals surface area contributed by atoms with Gasteiger partial charge < -0.3 is 10.1 Å². The van der Waals surface area contributed by atoms with E-state index < -0.39 is 17.9 Å². The predicted octanol–water partition coefficient (Wildman–Crippen LogP) is 4.82. The van der Waals surface area contributed by atoms with Crippen molar-refractivity contribution in [1.29, 1.82) is 0 Å². The Morgan fingerprint density at radius 1 is 1.17 bits per heavy atom. The standard InChI is InChI=1S/C27H27BrN2O4S/c1-16(31)35-15-23(22-11-8-18-13-19(28)9-12-21(18)22)26(32)30-25(27(33)34-2)14-20-10-7-17-5-3-4-6-24(17)29-20/h3-7,9-10,12-13,22-23,25H,8,11,14-15H2,1-2H3,(H,30,32). The van der Waals surface area contributed by atoms with Crippen LogP contribution in [0.3, 0.4) is 0 Å². The Kier molecular flexibility index (Phi) is 8.23. The summed E-state index contributed by atoms with van der Waals surface area (Å²) in [5.41, 5.74) is 3.85. The van der Waals surface area contributed by atoms with Crippen LogP contribution in [0.2, 0.25) is 0 Å². The fraction of sp³-hybridized carbons (Fsp3) is 0.333. The zero-order chi connectivity index (χ0) is 24.9. The lowest BCUT2D eigenvalue weighted by molar-refractivity contribution is -0.145. The van der Waals surface area contributed by atoms with Crippen molar-refractivity contribution in [1.82, 2.24) is 10.3 Å². The summed E-state index contributed by atoms with van der Waals surface area (Å²) in [4.78, 5) is 42.6. The van der Waals surface area contributed by atoms with Crippen molar-refractivity contribution in [3.63, 3.8) is 0 Å². The molecule has 182 valence electrons. The second-order valence-electron chi connectivity index (χ2n) is 8.68. The molecule has 6 nitrogen and oxygen atoms in total. The summed E-state index contributed by atoms with van der Waals surface area (Å²) in [6.45, 7) is 1.50. The van der Waals surface area contributed by atoms with Crippen molar-refractivity contribution in [3.8, 4) is 0 Å². The number of esters is 1. The fourth-order valence-corrected chi connectivity index (χ4v) is 5.87. The number of ether oxygens (including phenoxy) is 1. The maximum absolute atomic E-state index is 13.6. The molecule has 0 aliphatic heterocycles. The van der Waals surface area contributed by atoms with Gasteiger partial charge in [-0.1, -0.05) is 58.0 Å². The van der Waals surface area contributed by atoms with Crippen molar-refractivity contribution in [2.45, 2.75) is 38.1 Å². The van der Waals surface area contributed by atoms with Gasteiger partial charge in [0.25, 0.3) is 0 Å². The highest BCUT2D eigenvalue weighted by Gasteiger charge is 2.36. The quantitative estimate of drug-likeness (QED) is 0.401. The SMILES string of the molecule is COC(=O)C(Cc1ccc2ccccc2n1)NC(=O)C(CSC(C)=O)C1CCc2cc(Br)ccc21.